The summed E-state index contributed by atoms with van der Waals surface area (Å²) in [5.41, 5.74) is 0.209. The lowest BCUT2D eigenvalue weighted by Gasteiger charge is -2.06. The summed E-state index contributed by atoms with van der Waals surface area (Å²) in [5.74, 6) is 0.199. The van der Waals surface area contributed by atoms with E-state index in [-0.39, 0.29) is 11.4 Å². The number of rotatable bonds is 4. The summed E-state index contributed by atoms with van der Waals surface area (Å²) < 4.78 is 5.69. The van der Waals surface area contributed by atoms with Crippen LogP contribution >= 0.6 is 39.5 Å². The van der Waals surface area contributed by atoms with E-state index < -0.39 is 5.97 Å². The molecule has 1 unspecified atom stereocenters. The van der Waals surface area contributed by atoms with Gasteiger partial charge in [-0.1, -0.05) is 15.9 Å². The van der Waals surface area contributed by atoms with Crippen molar-refractivity contribution in [1.29, 1.82) is 0 Å². The largest absolute Gasteiger partial charge is 0.462 e. The van der Waals surface area contributed by atoms with Gasteiger partial charge in [-0.15, -0.1) is 23.5 Å². The fourth-order valence-electron chi connectivity index (χ4n) is 1.17. The van der Waals surface area contributed by atoms with Crippen molar-refractivity contribution in [3.8, 4) is 0 Å². The first kappa shape index (κ1) is 14.1. The molecule has 1 aliphatic heterocycles. The molecule has 16 heavy (non-hydrogen) atoms. The van der Waals surface area contributed by atoms with Crippen molar-refractivity contribution in [1.82, 2.24) is 0 Å². The number of halogens is 1. The summed E-state index contributed by atoms with van der Waals surface area (Å²) in [6, 6.07) is 0. The van der Waals surface area contributed by atoms with Crippen LogP contribution in [0.15, 0.2) is 9.81 Å². The van der Waals surface area contributed by atoms with Crippen LogP contribution in [0.2, 0.25) is 0 Å². The highest BCUT2D eigenvalue weighted by Gasteiger charge is 2.28. The van der Waals surface area contributed by atoms with Gasteiger partial charge in [-0.25, -0.2) is 4.79 Å². The number of ketones is 1. The SMILES string of the molecule is CCOC(=O)/C(C(C)=O)=C1/SCC(CBr)S1. The molecule has 0 N–H and O–H groups in total. The minimum atomic E-state index is -0.500. The molecule has 0 bridgehead atoms. The van der Waals surface area contributed by atoms with Crippen molar-refractivity contribution in [3.63, 3.8) is 0 Å². The smallest absolute Gasteiger partial charge is 0.343 e. The van der Waals surface area contributed by atoms with Crippen LogP contribution in [0.3, 0.4) is 0 Å². The van der Waals surface area contributed by atoms with E-state index in [1.807, 2.05) is 0 Å². The number of esters is 1. The number of hydrogen-bond donors (Lipinski definition) is 0. The van der Waals surface area contributed by atoms with Crippen molar-refractivity contribution in [2.24, 2.45) is 0 Å². The molecule has 1 atom stereocenters. The van der Waals surface area contributed by atoms with Gasteiger partial charge in [0.2, 0.25) is 0 Å². The first-order chi connectivity index (χ1) is 7.60. The van der Waals surface area contributed by atoms with Crippen molar-refractivity contribution in [3.05, 3.63) is 9.81 Å². The monoisotopic (exact) mass is 324 g/mol. The zero-order valence-electron chi connectivity index (χ0n) is 9.12. The van der Waals surface area contributed by atoms with Crippen molar-refractivity contribution >= 4 is 51.2 Å². The number of Topliss-reactive ketones (excluding diaryl/α,β-unsaturated/α-hetero) is 1. The molecular formula is C10H13BrO3S2. The van der Waals surface area contributed by atoms with E-state index >= 15 is 0 Å². The fourth-order valence-corrected chi connectivity index (χ4v) is 5.00. The summed E-state index contributed by atoms with van der Waals surface area (Å²) in [5, 5.41) is 1.28. The molecule has 0 aromatic rings. The Labute approximate surface area is 112 Å². The van der Waals surface area contributed by atoms with Gasteiger partial charge in [0.15, 0.2) is 5.78 Å². The topological polar surface area (TPSA) is 43.4 Å². The molecule has 1 fully saturated rings. The molecule has 0 aliphatic carbocycles. The van der Waals surface area contributed by atoms with E-state index in [0.717, 1.165) is 15.3 Å². The molecular weight excluding hydrogens is 312 g/mol. The lowest BCUT2D eigenvalue weighted by atomic mass is 10.2. The summed E-state index contributed by atoms with van der Waals surface area (Å²) in [4.78, 5) is 23.1. The van der Waals surface area contributed by atoms with Crippen LogP contribution in [-0.2, 0) is 14.3 Å². The van der Waals surface area contributed by atoms with Crippen molar-refractivity contribution < 1.29 is 14.3 Å². The van der Waals surface area contributed by atoms with E-state index in [9.17, 15) is 9.59 Å². The second-order valence-electron chi connectivity index (χ2n) is 3.14. The number of ether oxygens (including phenoxy) is 1. The summed E-state index contributed by atoms with van der Waals surface area (Å²) in [6.45, 7) is 3.43. The highest BCUT2D eigenvalue weighted by atomic mass is 79.9. The number of carbonyl (C=O) groups is 2. The number of alkyl halides is 1. The molecule has 0 saturated carbocycles. The van der Waals surface area contributed by atoms with E-state index in [0.29, 0.717) is 11.9 Å². The Kier molecular flexibility index (Phi) is 5.92. The molecule has 0 aromatic carbocycles. The van der Waals surface area contributed by atoms with Gasteiger partial charge < -0.3 is 4.74 Å². The highest BCUT2D eigenvalue weighted by molar-refractivity contribution is 9.09. The van der Waals surface area contributed by atoms with Gasteiger partial charge in [0.25, 0.3) is 0 Å². The molecule has 0 aromatic heterocycles. The van der Waals surface area contributed by atoms with Crippen LogP contribution in [0, 0.1) is 0 Å². The minimum Gasteiger partial charge on any atom is -0.462 e. The molecule has 0 spiro atoms. The Hall–Kier alpha value is 0.0600. The third kappa shape index (κ3) is 3.53. The normalized spacial score (nSPS) is 23.1. The number of carbonyl (C=O) groups excluding carboxylic acids is 2. The third-order valence-electron chi connectivity index (χ3n) is 1.88. The molecule has 0 amide bonds. The first-order valence-electron chi connectivity index (χ1n) is 4.87. The van der Waals surface area contributed by atoms with Gasteiger partial charge >= 0.3 is 5.97 Å². The van der Waals surface area contributed by atoms with Gasteiger partial charge in [0.05, 0.1) is 10.8 Å². The Morgan fingerprint density at radius 3 is 2.69 bits per heavy atom. The first-order valence-corrected chi connectivity index (χ1v) is 7.86. The Morgan fingerprint density at radius 2 is 2.25 bits per heavy atom. The molecule has 1 heterocycles. The summed E-state index contributed by atoms with van der Waals surface area (Å²) in [7, 11) is 0. The lowest BCUT2D eigenvalue weighted by molar-refractivity contribution is -0.139. The maximum absolute atomic E-state index is 11.6. The van der Waals surface area contributed by atoms with Crippen LogP contribution in [0.4, 0.5) is 0 Å². The number of hydrogen-bond acceptors (Lipinski definition) is 5. The molecule has 90 valence electrons. The molecule has 0 radical (unpaired) electrons. The van der Waals surface area contributed by atoms with E-state index in [2.05, 4.69) is 15.9 Å². The van der Waals surface area contributed by atoms with E-state index in [1.165, 1.54) is 6.92 Å². The van der Waals surface area contributed by atoms with Crippen molar-refractivity contribution in [2.75, 3.05) is 17.7 Å². The second-order valence-corrected chi connectivity index (χ2v) is 6.39. The van der Waals surface area contributed by atoms with Gasteiger partial charge in [-0.2, -0.15) is 0 Å². The predicted octanol–water partition coefficient (Wildman–Crippen LogP) is 2.59. The Balaban J connectivity index is 2.89. The third-order valence-corrected chi connectivity index (χ3v) is 6.07. The zero-order chi connectivity index (χ0) is 12.1. The molecule has 1 rings (SSSR count). The van der Waals surface area contributed by atoms with Crippen LogP contribution < -0.4 is 0 Å². The summed E-state index contributed by atoms with van der Waals surface area (Å²) in [6.07, 6.45) is 0. The van der Waals surface area contributed by atoms with Crippen LogP contribution in [0.1, 0.15) is 13.8 Å². The van der Waals surface area contributed by atoms with Gasteiger partial charge in [0.1, 0.15) is 5.57 Å². The Bertz CT molecular complexity index is 328. The quantitative estimate of drug-likeness (QED) is 0.261. The fraction of sp³-hybridized carbons (Fsp3) is 0.600. The highest BCUT2D eigenvalue weighted by Crippen LogP contribution is 2.44. The number of thioether (sulfide) groups is 2. The average molecular weight is 325 g/mol. The second kappa shape index (κ2) is 6.71. The molecule has 1 aliphatic rings. The molecule has 6 heteroatoms. The standard InChI is InChI=1S/C10H13BrO3S2/c1-3-14-9(13)8(6(2)12)10-15-5-7(4-11)16-10/h7H,3-5H2,1-2H3/b10-8-. The van der Waals surface area contributed by atoms with E-state index in [4.69, 9.17) is 4.74 Å². The van der Waals surface area contributed by atoms with Gasteiger partial charge in [-0.3, -0.25) is 4.79 Å². The van der Waals surface area contributed by atoms with Crippen LogP contribution in [0.5, 0.6) is 0 Å². The van der Waals surface area contributed by atoms with Crippen LogP contribution in [0.25, 0.3) is 0 Å². The zero-order valence-corrected chi connectivity index (χ0v) is 12.3. The summed E-state index contributed by atoms with van der Waals surface area (Å²) >= 11 is 6.53. The van der Waals surface area contributed by atoms with E-state index in [1.54, 1.807) is 30.4 Å². The Morgan fingerprint density at radius 1 is 1.56 bits per heavy atom. The van der Waals surface area contributed by atoms with Crippen LogP contribution in [-0.4, -0.2) is 34.7 Å². The maximum Gasteiger partial charge on any atom is 0.343 e. The minimum absolute atomic E-state index is 0.209. The van der Waals surface area contributed by atoms with Gasteiger partial charge in [-0.05, 0) is 13.8 Å². The average Bonchev–Trinajstić information content (AvgIpc) is 2.66. The molecule has 1 saturated heterocycles. The predicted molar refractivity (Wildman–Crippen MR) is 72.0 cm³/mol. The molecule has 3 nitrogen and oxygen atoms in total. The van der Waals surface area contributed by atoms with Crippen molar-refractivity contribution in [2.45, 2.75) is 19.1 Å². The van der Waals surface area contributed by atoms with Gasteiger partial charge in [0, 0.05) is 16.3 Å². The maximum atomic E-state index is 11.6. The lowest BCUT2D eigenvalue weighted by Crippen LogP contribution is -2.14.